The average Bonchev–Trinajstić information content (AvgIpc) is 3.20. The molecular weight excluding hydrogens is 254 g/mol. The molecule has 2 heterocycles. The highest BCUT2D eigenvalue weighted by atomic mass is 32.1. The lowest BCUT2D eigenvalue weighted by molar-refractivity contribution is 0.218. The van der Waals surface area contributed by atoms with E-state index in [0.29, 0.717) is 0 Å². The maximum atomic E-state index is 4.36. The smallest absolute Gasteiger partial charge is 0.0797 e. The summed E-state index contributed by atoms with van der Waals surface area (Å²) in [6.45, 7) is 5.82. The Bertz CT molecular complexity index is 394. The van der Waals surface area contributed by atoms with E-state index in [9.17, 15) is 0 Å². The van der Waals surface area contributed by atoms with Crippen molar-refractivity contribution >= 4 is 11.3 Å². The lowest BCUT2D eigenvalue weighted by Gasteiger charge is -2.30. The van der Waals surface area contributed by atoms with Gasteiger partial charge in [-0.05, 0) is 45.6 Å². The molecule has 3 rings (SSSR count). The molecule has 1 saturated carbocycles. The van der Waals surface area contributed by atoms with Gasteiger partial charge in [-0.25, -0.2) is 4.98 Å². The van der Waals surface area contributed by atoms with E-state index in [1.165, 1.54) is 68.7 Å². The fourth-order valence-electron chi connectivity index (χ4n) is 3.04. The molecule has 19 heavy (non-hydrogen) atoms. The van der Waals surface area contributed by atoms with Gasteiger partial charge in [0.15, 0.2) is 0 Å². The largest absolute Gasteiger partial charge is 0.313 e. The Morgan fingerprint density at radius 3 is 2.89 bits per heavy atom. The molecule has 1 N–H and O–H groups in total. The van der Waals surface area contributed by atoms with Gasteiger partial charge in [0.1, 0.15) is 0 Å². The summed E-state index contributed by atoms with van der Waals surface area (Å²) < 4.78 is 0. The first kappa shape index (κ1) is 13.5. The molecule has 1 aliphatic heterocycles. The molecule has 106 valence electrons. The van der Waals surface area contributed by atoms with Crippen LogP contribution in [0, 0.1) is 6.92 Å². The normalized spacial score (nSPS) is 24.0. The van der Waals surface area contributed by atoms with Gasteiger partial charge < -0.3 is 5.32 Å². The Morgan fingerprint density at radius 1 is 1.37 bits per heavy atom. The van der Waals surface area contributed by atoms with Crippen LogP contribution in [-0.4, -0.2) is 41.6 Å². The van der Waals surface area contributed by atoms with E-state index in [-0.39, 0.29) is 0 Å². The lowest BCUT2D eigenvalue weighted by atomic mass is 10.0. The number of aromatic nitrogens is 1. The van der Waals surface area contributed by atoms with Gasteiger partial charge in [0.25, 0.3) is 0 Å². The highest BCUT2D eigenvalue weighted by molar-refractivity contribution is 7.09. The number of hydrogen-bond acceptors (Lipinski definition) is 4. The van der Waals surface area contributed by atoms with Gasteiger partial charge in [0.05, 0.1) is 11.2 Å². The summed E-state index contributed by atoms with van der Waals surface area (Å²) in [6, 6.07) is 1.61. The Labute approximate surface area is 120 Å². The molecule has 1 unspecified atom stereocenters. The van der Waals surface area contributed by atoms with Crippen molar-refractivity contribution in [2.45, 2.75) is 57.5 Å². The molecule has 0 spiro atoms. The van der Waals surface area contributed by atoms with Gasteiger partial charge in [-0.2, -0.15) is 0 Å². The van der Waals surface area contributed by atoms with Crippen LogP contribution >= 0.6 is 11.3 Å². The first-order valence-corrected chi connectivity index (χ1v) is 8.57. The number of piperidine rings is 1. The number of hydrogen-bond donors (Lipinski definition) is 1. The molecule has 0 radical (unpaired) electrons. The second-order valence-corrected chi connectivity index (χ2v) is 6.92. The van der Waals surface area contributed by atoms with Crippen LogP contribution in [0.25, 0.3) is 0 Å². The van der Waals surface area contributed by atoms with Crippen molar-refractivity contribution in [3.63, 3.8) is 0 Å². The summed E-state index contributed by atoms with van der Waals surface area (Å²) in [4.78, 5) is 8.56. The highest BCUT2D eigenvalue weighted by Gasteiger charge is 2.30. The standard InChI is InChI=1S/C15H25N3S/c1-12-15(19-11-17-12)7-9-18(14-5-6-14)10-13-4-2-3-8-16-13/h11,13-14,16H,2-10H2,1H3. The van der Waals surface area contributed by atoms with E-state index in [1.54, 1.807) is 0 Å². The van der Waals surface area contributed by atoms with Gasteiger partial charge >= 0.3 is 0 Å². The average molecular weight is 279 g/mol. The van der Waals surface area contributed by atoms with E-state index in [2.05, 4.69) is 22.1 Å². The molecule has 2 aliphatic rings. The fraction of sp³-hybridized carbons (Fsp3) is 0.800. The molecule has 4 heteroatoms. The minimum absolute atomic E-state index is 0.733. The van der Waals surface area contributed by atoms with Crippen LogP contribution in [-0.2, 0) is 6.42 Å². The predicted octanol–water partition coefficient (Wildman–Crippen LogP) is 2.60. The zero-order chi connectivity index (χ0) is 13.1. The van der Waals surface area contributed by atoms with Crippen LogP contribution in [0.2, 0.25) is 0 Å². The lowest BCUT2D eigenvalue weighted by Crippen LogP contribution is -2.45. The molecule has 3 nitrogen and oxygen atoms in total. The second kappa shape index (κ2) is 6.33. The monoisotopic (exact) mass is 279 g/mol. The van der Waals surface area contributed by atoms with Gasteiger partial charge in [-0.15, -0.1) is 11.3 Å². The SMILES string of the molecule is Cc1ncsc1CCN(CC1CCCCN1)C1CC1. The van der Waals surface area contributed by atoms with Crippen LogP contribution in [0.3, 0.4) is 0 Å². The van der Waals surface area contributed by atoms with E-state index in [0.717, 1.165) is 12.1 Å². The van der Waals surface area contributed by atoms with Gasteiger partial charge in [0, 0.05) is 30.1 Å². The van der Waals surface area contributed by atoms with Crippen molar-refractivity contribution in [2.24, 2.45) is 0 Å². The van der Waals surface area contributed by atoms with Gasteiger partial charge in [0.2, 0.25) is 0 Å². The van der Waals surface area contributed by atoms with Crippen molar-refractivity contribution in [3.05, 3.63) is 16.1 Å². The van der Waals surface area contributed by atoms with Gasteiger partial charge in [-0.3, -0.25) is 4.90 Å². The Morgan fingerprint density at radius 2 is 2.26 bits per heavy atom. The molecule has 1 saturated heterocycles. The van der Waals surface area contributed by atoms with Crippen LogP contribution < -0.4 is 5.32 Å². The van der Waals surface area contributed by atoms with Crippen molar-refractivity contribution in [1.29, 1.82) is 0 Å². The van der Waals surface area contributed by atoms with Crippen LogP contribution in [0.5, 0.6) is 0 Å². The summed E-state index contributed by atoms with van der Waals surface area (Å²) in [7, 11) is 0. The first-order valence-electron chi connectivity index (χ1n) is 7.69. The van der Waals surface area contributed by atoms with Crippen molar-refractivity contribution in [3.8, 4) is 0 Å². The molecule has 1 aromatic rings. The summed E-state index contributed by atoms with van der Waals surface area (Å²) in [5.41, 5.74) is 3.21. The molecule has 0 amide bonds. The molecule has 0 aromatic carbocycles. The van der Waals surface area contributed by atoms with Crippen LogP contribution in [0.15, 0.2) is 5.51 Å². The molecule has 1 atom stereocenters. The molecule has 1 aromatic heterocycles. The third kappa shape index (κ3) is 3.77. The maximum Gasteiger partial charge on any atom is 0.0797 e. The van der Waals surface area contributed by atoms with E-state index in [4.69, 9.17) is 0 Å². The zero-order valence-electron chi connectivity index (χ0n) is 11.9. The highest BCUT2D eigenvalue weighted by Crippen LogP contribution is 2.28. The summed E-state index contributed by atoms with van der Waals surface area (Å²) in [5.74, 6) is 0. The first-order chi connectivity index (χ1) is 9.33. The van der Waals surface area contributed by atoms with E-state index < -0.39 is 0 Å². The fourth-order valence-corrected chi connectivity index (χ4v) is 3.81. The molecular formula is C15H25N3S. The zero-order valence-corrected chi connectivity index (χ0v) is 12.7. The number of nitrogens with zero attached hydrogens (tertiary/aromatic N) is 2. The summed E-state index contributed by atoms with van der Waals surface area (Å²) >= 11 is 1.82. The topological polar surface area (TPSA) is 28.2 Å². The Kier molecular flexibility index (Phi) is 4.51. The predicted molar refractivity (Wildman–Crippen MR) is 80.8 cm³/mol. The molecule has 0 bridgehead atoms. The number of aryl methyl sites for hydroxylation is 1. The third-order valence-corrected chi connectivity index (χ3v) is 5.40. The van der Waals surface area contributed by atoms with Crippen LogP contribution in [0.1, 0.15) is 42.7 Å². The molecule has 2 fully saturated rings. The number of nitrogens with one attached hydrogen (secondary N) is 1. The quantitative estimate of drug-likeness (QED) is 0.867. The maximum absolute atomic E-state index is 4.36. The Hall–Kier alpha value is -0.450. The van der Waals surface area contributed by atoms with Gasteiger partial charge in [-0.1, -0.05) is 6.42 Å². The summed E-state index contributed by atoms with van der Waals surface area (Å²) in [6.07, 6.45) is 8.13. The minimum Gasteiger partial charge on any atom is -0.313 e. The second-order valence-electron chi connectivity index (χ2n) is 5.98. The molecule has 1 aliphatic carbocycles. The van der Waals surface area contributed by atoms with E-state index in [1.807, 2.05) is 16.8 Å². The third-order valence-electron chi connectivity index (χ3n) is 4.40. The minimum atomic E-state index is 0.733. The number of rotatable bonds is 6. The summed E-state index contributed by atoms with van der Waals surface area (Å²) in [5, 5.41) is 3.69. The van der Waals surface area contributed by atoms with Crippen molar-refractivity contribution in [2.75, 3.05) is 19.6 Å². The van der Waals surface area contributed by atoms with Crippen molar-refractivity contribution < 1.29 is 0 Å². The van der Waals surface area contributed by atoms with Crippen LogP contribution in [0.4, 0.5) is 0 Å². The number of thiazole rings is 1. The van der Waals surface area contributed by atoms with E-state index >= 15 is 0 Å². The van der Waals surface area contributed by atoms with Crippen molar-refractivity contribution in [1.82, 2.24) is 15.2 Å². The Balaban J connectivity index is 1.51.